The lowest BCUT2D eigenvalue weighted by Crippen LogP contribution is -1.98. The van der Waals surface area contributed by atoms with Crippen molar-refractivity contribution in [1.29, 1.82) is 0 Å². The summed E-state index contributed by atoms with van der Waals surface area (Å²) in [5, 5.41) is 0. The van der Waals surface area contributed by atoms with Crippen molar-refractivity contribution >= 4 is 0 Å². The van der Waals surface area contributed by atoms with Crippen LogP contribution >= 0.6 is 0 Å². The van der Waals surface area contributed by atoms with Gasteiger partial charge >= 0.3 is 0 Å². The Bertz CT molecular complexity index is 620. The molecule has 0 fully saturated rings. The summed E-state index contributed by atoms with van der Waals surface area (Å²) in [6, 6.07) is 2.43. The largest absolute Gasteiger partial charge is 0.206 e. The first-order chi connectivity index (χ1) is 8.41. The third-order valence-electron chi connectivity index (χ3n) is 2.26. The zero-order chi connectivity index (χ0) is 13.4. The summed E-state index contributed by atoms with van der Waals surface area (Å²) in [6.07, 6.45) is 0. The lowest BCUT2D eigenvalue weighted by molar-refractivity contribution is 0.488. The molecule has 0 atom stereocenters. The standard InChI is InChI=1S/C12H3F6/c13-6-1-2-7(14)12(18)11(6)5-3-9(16)10(17)4-8(5)15/h1,3-4H. The van der Waals surface area contributed by atoms with Crippen LogP contribution in [-0.2, 0) is 0 Å². The van der Waals surface area contributed by atoms with Crippen LogP contribution in [0.4, 0.5) is 26.3 Å². The Morgan fingerprint density at radius 1 is 0.722 bits per heavy atom. The zero-order valence-corrected chi connectivity index (χ0v) is 8.50. The topological polar surface area (TPSA) is 0 Å². The predicted molar refractivity (Wildman–Crippen MR) is 50.5 cm³/mol. The molecule has 0 saturated heterocycles. The molecular weight excluding hydrogens is 258 g/mol. The molecule has 0 saturated carbocycles. The first-order valence-electron chi connectivity index (χ1n) is 4.62. The van der Waals surface area contributed by atoms with E-state index in [1.54, 1.807) is 6.07 Å². The molecule has 0 aliphatic rings. The number of hydrogen-bond acceptors (Lipinski definition) is 0. The van der Waals surface area contributed by atoms with Crippen LogP contribution in [0.25, 0.3) is 11.1 Å². The van der Waals surface area contributed by atoms with Gasteiger partial charge in [0.25, 0.3) is 0 Å². The first kappa shape index (κ1) is 12.5. The van der Waals surface area contributed by atoms with Gasteiger partial charge in [0.2, 0.25) is 0 Å². The highest BCUT2D eigenvalue weighted by Crippen LogP contribution is 2.30. The molecule has 0 amide bonds. The second-order valence-electron chi connectivity index (χ2n) is 3.39. The monoisotopic (exact) mass is 261 g/mol. The number of hydrogen-bond donors (Lipinski definition) is 0. The van der Waals surface area contributed by atoms with E-state index in [1.165, 1.54) is 0 Å². The summed E-state index contributed by atoms with van der Waals surface area (Å²) in [7, 11) is 0. The van der Waals surface area contributed by atoms with Gasteiger partial charge in [0, 0.05) is 17.7 Å². The third kappa shape index (κ3) is 1.94. The highest BCUT2D eigenvalue weighted by molar-refractivity contribution is 5.65. The Hall–Kier alpha value is -1.98. The maximum absolute atomic E-state index is 13.3. The van der Waals surface area contributed by atoms with Crippen LogP contribution in [0.1, 0.15) is 0 Å². The number of rotatable bonds is 1. The zero-order valence-electron chi connectivity index (χ0n) is 8.50. The SMILES string of the molecule is Fc1[c]cc(F)c(-c2cc(F)c(F)cc2F)c1F. The molecule has 93 valence electrons. The summed E-state index contributed by atoms with van der Waals surface area (Å²) in [4.78, 5) is 0. The molecule has 2 aromatic carbocycles. The van der Waals surface area contributed by atoms with E-state index in [2.05, 4.69) is 0 Å². The Morgan fingerprint density at radius 2 is 1.33 bits per heavy atom. The van der Waals surface area contributed by atoms with Gasteiger partial charge in [-0.3, -0.25) is 0 Å². The molecule has 0 bridgehead atoms. The molecular formula is C12H3F6. The Morgan fingerprint density at radius 3 is 2.00 bits per heavy atom. The van der Waals surface area contributed by atoms with E-state index in [4.69, 9.17) is 0 Å². The average Bonchev–Trinajstić information content (AvgIpc) is 2.31. The van der Waals surface area contributed by atoms with Gasteiger partial charge in [0.1, 0.15) is 11.6 Å². The normalized spacial score (nSPS) is 10.8. The first-order valence-corrected chi connectivity index (χ1v) is 4.62. The van der Waals surface area contributed by atoms with Gasteiger partial charge < -0.3 is 0 Å². The van der Waals surface area contributed by atoms with Crippen molar-refractivity contribution < 1.29 is 26.3 Å². The van der Waals surface area contributed by atoms with E-state index in [1.807, 2.05) is 0 Å². The minimum absolute atomic E-state index is 0.123. The number of halogens is 6. The minimum Gasteiger partial charge on any atom is -0.206 e. The average molecular weight is 261 g/mol. The van der Waals surface area contributed by atoms with Crippen molar-refractivity contribution in [3.05, 3.63) is 59.2 Å². The predicted octanol–water partition coefficient (Wildman–Crippen LogP) is 3.99. The maximum atomic E-state index is 13.3. The smallest absolute Gasteiger partial charge is 0.170 e. The van der Waals surface area contributed by atoms with Crippen LogP contribution in [0.5, 0.6) is 0 Å². The van der Waals surface area contributed by atoms with Crippen molar-refractivity contribution in [2.75, 3.05) is 0 Å². The summed E-state index contributed by atoms with van der Waals surface area (Å²) in [6.45, 7) is 0. The molecule has 0 N–H and O–H groups in total. The second kappa shape index (κ2) is 4.36. The van der Waals surface area contributed by atoms with Gasteiger partial charge in [-0.1, -0.05) is 0 Å². The fourth-order valence-electron chi connectivity index (χ4n) is 1.44. The molecule has 18 heavy (non-hydrogen) atoms. The fraction of sp³-hybridized carbons (Fsp3) is 0. The Balaban J connectivity index is 2.77. The molecule has 0 unspecified atom stereocenters. The van der Waals surface area contributed by atoms with Crippen molar-refractivity contribution in [3.63, 3.8) is 0 Å². The van der Waals surface area contributed by atoms with E-state index in [9.17, 15) is 26.3 Å². The van der Waals surface area contributed by atoms with E-state index in [0.29, 0.717) is 6.07 Å². The van der Waals surface area contributed by atoms with Crippen LogP contribution < -0.4 is 0 Å². The maximum Gasteiger partial charge on any atom is 0.170 e. The van der Waals surface area contributed by atoms with E-state index < -0.39 is 46.0 Å². The third-order valence-corrected chi connectivity index (χ3v) is 2.26. The quantitative estimate of drug-likeness (QED) is 0.538. The second-order valence-corrected chi connectivity index (χ2v) is 3.39. The van der Waals surface area contributed by atoms with Gasteiger partial charge in [0.15, 0.2) is 23.3 Å². The van der Waals surface area contributed by atoms with Crippen LogP contribution in [0, 0.1) is 41.0 Å². The molecule has 0 aromatic heterocycles. The highest BCUT2D eigenvalue weighted by Gasteiger charge is 2.21. The minimum atomic E-state index is -1.72. The summed E-state index contributed by atoms with van der Waals surface area (Å²) < 4.78 is 78.4. The van der Waals surface area contributed by atoms with E-state index in [-0.39, 0.29) is 12.1 Å². The van der Waals surface area contributed by atoms with Gasteiger partial charge in [-0.05, 0) is 12.1 Å². The summed E-state index contributed by atoms with van der Waals surface area (Å²) >= 11 is 0. The Labute approximate surface area is 97.5 Å². The van der Waals surface area contributed by atoms with Crippen molar-refractivity contribution in [1.82, 2.24) is 0 Å². The van der Waals surface area contributed by atoms with Crippen LogP contribution in [0.3, 0.4) is 0 Å². The molecule has 6 heteroatoms. The van der Waals surface area contributed by atoms with Crippen molar-refractivity contribution in [2.45, 2.75) is 0 Å². The molecule has 2 rings (SSSR count). The molecule has 1 radical (unpaired) electrons. The van der Waals surface area contributed by atoms with Gasteiger partial charge in [-0.2, -0.15) is 0 Å². The molecule has 0 aliphatic heterocycles. The molecule has 0 heterocycles. The van der Waals surface area contributed by atoms with Crippen molar-refractivity contribution in [2.24, 2.45) is 0 Å². The van der Waals surface area contributed by atoms with Crippen LogP contribution in [-0.4, -0.2) is 0 Å². The highest BCUT2D eigenvalue weighted by atomic mass is 19.2. The molecule has 0 aliphatic carbocycles. The summed E-state index contributed by atoms with van der Waals surface area (Å²) in [5.41, 5.74) is -2.01. The molecule has 2 aromatic rings. The van der Waals surface area contributed by atoms with Crippen molar-refractivity contribution in [3.8, 4) is 11.1 Å². The lowest BCUT2D eigenvalue weighted by atomic mass is 10.0. The summed E-state index contributed by atoms with van der Waals surface area (Å²) in [5.74, 6) is -9.02. The molecule has 0 spiro atoms. The Kier molecular flexibility index (Phi) is 3.02. The van der Waals surface area contributed by atoms with E-state index >= 15 is 0 Å². The molecule has 0 nitrogen and oxygen atoms in total. The van der Waals surface area contributed by atoms with E-state index in [0.717, 1.165) is 0 Å². The number of benzene rings is 2. The fourth-order valence-corrected chi connectivity index (χ4v) is 1.44. The lowest BCUT2D eigenvalue weighted by Gasteiger charge is -2.07. The van der Waals surface area contributed by atoms with Crippen LogP contribution in [0.2, 0.25) is 0 Å². The van der Waals surface area contributed by atoms with Gasteiger partial charge in [0.05, 0.1) is 5.56 Å². The van der Waals surface area contributed by atoms with Gasteiger partial charge in [-0.15, -0.1) is 0 Å². The van der Waals surface area contributed by atoms with Gasteiger partial charge in [-0.25, -0.2) is 26.3 Å². The van der Waals surface area contributed by atoms with Crippen LogP contribution in [0.15, 0.2) is 18.2 Å².